The van der Waals surface area contributed by atoms with Crippen LogP contribution in [0.3, 0.4) is 0 Å². The van der Waals surface area contributed by atoms with Crippen molar-refractivity contribution in [1.29, 1.82) is 0 Å². The summed E-state index contributed by atoms with van der Waals surface area (Å²) in [5.74, 6) is -0.646. The highest BCUT2D eigenvalue weighted by Crippen LogP contribution is 2.26. The highest BCUT2D eigenvalue weighted by molar-refractivity contribution is 6.00. The van der Waals surface area contributed by atoms with Gasteiger partial charge < -0.3 is 20.5 Å². The molecule has 0 spiro atoms. The van der Waals surface area contributed by atoms with Crippen LogP contribution in [0.15, 0.2) is 91.0 Å². The normalized spacial score (nSPS) is 11.2. The molecule has 1 unspecified atom stereocenters. The Morgan fingerprint density at radius 2 is 1.55 bits per heavy atom. The van der Waals surface area contributed by atoms with Gasteiger partial charge in [0.1, 0.15) is 0 Å². The number of ether oxygens (including phenoxy) is 2. The zero-order valence-electron chi connectivity index (χ0n) is 20.5. The number of hydrogen-bond acceptors (Lipinski definition) is 8. The van der Waals surface area contributed by atoms with E-state index >= 15 is 0 Å². The van der Waals surface area contributed by atoms with E-state index in [1.165, 1.54) is 7.11 Å². The van der Waals surface area contributed by atoms with Gasteiger partial charge in [-0.15, -0.1) is 10.2 Å². The van der Waals surface area contributed by atoms with Crippen LogP contribution in [-0.4, -0.2) is 35.3 Å². The van der Waals surface area contributed by atoms with Crippen molar-refractivity contribution in [3.63, 3.8) is 0 Å². The molecule has 3 aromatic carbocycles. The van der Waals surface area contributed by atoms with Crippen LogP contribution in [0.2, 0.25) is 0 Å². The number of carbonyl (C=O) groups excluding carboxylic acids is 3. The van der Waals surface area contributed by atoms with Crippen LogP contribution in [0.1, 0.15) is 28.4 Å². The fourth-order valence-electron chi connectivity index (χ4n) is 3.54. The van der Waals surface area contributed by atoms with E-state index in [1.807, 2.05) is 30.3 Å². The summed E-state index contributed by atoms with van der Waals surface area (Å²) in [7, 11) is 1.30. The summed E-state index contributed by atoms with van der Waals surface area (Å²) >= 11 is 0. The molecule has 1 aromatic heterocycles. The molecule has 0 aliphatic heterocycles. The first kappa shape index (κ1) is 26.0. The number of nitrogens with one attached hydrogen (secondary N) is 2. The molecule has 38 heavy (non-hydrogen) atoms. The Morgan fingerprint density at radius 1 is 0.842 bits per heavy atom. The van der Waals surface area contributed by atoms with Gasteiger partial charge >= 0.3 is 18.0 Å². The molecule has 4 aromatic rings. The molecule has 1 atom stereocenters. The Kier molecular flexibility index (Phi) is 8.37. The fourth-order valence-corrected chi connectivity index (χ4v) is 3.54. The third kappa shape index (κ3) is 6.77. The lowest BCUT2D eigenvalue weighted by atomic mass is 10.0. The number of carbonyl (C=O) groups is 3. The predicted molar refractivity (Wildman–Crippen MR) is 142 cm³/mol. The Hall–Kier alpha value is -5.09. The lowest BCUT2D eigenvalue weighted by molar-refractivity contribution is -0.134. The molecule has 0 aliphatic rings. The first-order valence-electron chi connectivity index (χ1n) is 11.6. The number of esters is 2. The van der Waals surface area contributed by atoms with Crippen LogP contribution in [0.4, 0.5) is 16.3 Å². The topological polar surface area (TPSA) is 146 Å². The van der Waals surface area contributed by atoms with Gasteiger partial charge in [-0.05, 0) is 42.0 Å². The fraction of sp³-hybridized carbons (Fsp3) is 0.107. The highest BCUT2D eigenvalue weighted by Gasteiger charge is 2.17. The van der Waals surface area contributed by atoms with Crippen molar-refractivity contribution in [1.82, 2.24) is 10.2 Å². The molecule has 1 heterocycles. The SMILES string of the molecule is COC(=O)c1ccc(C(N)CC(=O)Oc2ccccc2NC(=O)Nc2ccc(-c3ccccc3)nn2)cc1. The summed E-state index contributed by atoms with van der Waals surface area (Å²) in [4.78, 5) is 36.7. The van der Waals surface area contributed by atoms with Crippen molar-refractivity contribution in [3.05, 3.63) is 102 Å². The summed E-state index contributed by atoms with van der Waals surface area (Å²) in [6, 6.07) is 24.6. The molecule has 4 rings (SSSR count). The zero-order valence-corrected chi connectivity index (χ0v) is 20.5. The van der Waals surface area contributed by atoms with Gasteiger partial charge in [-0.3, -0.25) is 10.1 Å². The second kappa shape index (κ2) is 12.2. The van der Waals surface area contributed by atoms with Crippen LogP contribution in [0.25, 0.3) is 11.3 Å². The molecule has 4 N–H and O–H groups in total. The summed E-state index contributed by atoms with van der Waals surface area (Å²) in [6.45, 7) is 0. The Bertz CT molecular complexity index is 1410. The number of nitrogens with zero attached hydrogens (tertiary/aromatic N) is 2. The molecule has 10 nitrogen and oxygen atoms in total. The summed E-state index contributed by atoms with van der Waals surface area (Å²) < 4.78 is 10.1. The Morgan fingerprint density at radius 3 is 2.24 bits per heavy atom. The molecule has 0 fully saturated rings. The first-order valence-corrected chi connectivity index (χ1v) is 11.6. The number of hydrogen-bond donors (Lipinski definition) is 3. The summed E-state index contributed by atoms with van der Waals surface area (Å²) in [5, 5.41) is 13.4. The molecule has 10 heteroatoms. The van der Waals surface area contributed by atoms with Gasteiger partial charge in [0.15, 0.2) is 11.6 Å². The van der Waals surface area contributed by atoms with Crippen molar-refractivity contribution in [2.24, 2.45) is 5.73 Å². The average Bonchev–Trinajstić information content (AvgIpc) is 2.94. The van der Waals surface area contributed by atoms with E-state index in [-0.39, 0.29) is 23.7 Å². The van der Waals surface area contributed by atoms with Crippen LogP contribution >= 0.6 is 0 Å². The van der Waals surface area contributed by atoms with Gasteiger partial charge in [0.2, 0.25) is 0 Å². The second-order valence-corrected chi connectivity index (χ2v) is 8.14. The average molecular weight is 512 g/mol. The maximum absolute atomic E-state index is 12.6. The van der Waals surface area contributed by atoms with Crippen molar-refractivity contribution in [3.8, 4) is 17.0 Å². The third-order valence-corrected chi connectivity index (χ3v) is 5.48. The molecule has 0 bridgehead atoms. The molecular formula is C28H25N5O5. The largest absolute Gasteiger partial charge is 0.465 e. The predicted octanol–water partition coefficient (Wildman–Crippen LogP) is 4.57. The van der Waals surface area contributed by atoms with E-state index in [0.29, 0.717) is 16.8 Å². The number of anilines is 2. The van der Waals surface area contributed by atoms with E-state index in [4.69, 9.17) is 10.5 Å². The molecule has 0 saturated carbocycles. The van der Waals surface area contributed by atoms with Gasteiger partial charge in [0, 0.05) is 11.6 Å². The van der Waals surface area contributed by atoms with E-state index in [2.05, 4.69) is 25.6 Å². The van der Waals surface area contributed by atoms with Crippen molar-refractivity contribution in [2.45, 2.75) is 12.5 Å². The van der Waals surface area contributed by atoms with E-state index in [0.717, 1.165) is 5.56 Å². The molecule has 192 valence electrons. The van der Waals surface area contributed by atoms with Crippen LogP contribution in [0.5, 0.6) is 5.75 Å². The van der Waals surface area contributed by atoms with Crippen molar-refractivity contribution < 1.29 is 23.9 Å². The highest BCUT2D eigenvalue weighted by atomic mass is 16.5. The third-order valence-electron chi connectivity index (χ3n) is 5.48. The monoisotopic (exact) mass is 511 g/mol. The van der Waals surface area contributed by atoms with E-state index in [9.17, 15) is 14.4 Å². The van der Waals surface area contributed by atoms with Gasteiger partial charge in [0.05, 0.1) is 30.5 Å². The smallest absolute Gasteiger partial charge is 0.337 e. The minimum atomic E-state index is -0.657. The van der Waals surface area contributed by atoms with Crippen LogP contribution in [0, 0.1) is 0 Å². The maximum Gasteiger partial charge on any atom is 0.337 e. The zero-order chi connectivity index (χ0) is 26.9. The van der Waals surface area contributed by atoms with Gasteiger partial charge in [-0.2, -0.15) is 0 Å². The number of para-hydroxylation sites is 2. The lowest BCUT2D eigenvalue weighted by Gasteiger charge is -2.14. The number of nitrogens with two attached hydrogens (primary N) is 1. The number of benzene rings is 3. The number of rotatable bonds is 8. The Labute approximate surface area is 218 Å². The molecule has 0 aliphatic carbocycles. The van der Waals surface area contributed by atoms with Gasteiger partial charge in [-0.25, -0.2) is 9.59 Å². The standard InChI is InChI=1S/C28H25N5O5/c1-37-27(35)20-13-11-18(12-14-20)21(29)17-26(34)38-24-10-6-5-9-23(24)30-28(36)31-25-16-15-22(32-33-25)19-7-3-2-4-8-19/h2-16,21H,17,29H2,1H3,(H2,30,31,33,36). The Balaban J connectivity index is 1.34. The lowest BCUT2D eigenvalue weighted by Crippen LogP contribution is -2.22. The molecule has 2 amide bonds. The van der Waals surface area contributed by atoms with Gasteiger partial charge in [0.25, 0.3) is 0 Å². The quantitative estimate of drug-likeness (QED) is 0.230. The van der Waals surface area contributed by atoms with Crippen LogP contribution in [-0.2, 0) is 9.53 Å². The van der Waals surface area contributed by atoms with E-state index < -0.39 is 24.0 Å². The minimum Gasteiger partial charge on any atom is -0.465 e. The van der Waals surface area contributed by atoms with Crippen molar-refractivity contribution in [2.75, 3.05) is 17.7 Å². The number of methoxy groups -OCH3 is 1. The summed E-state index contributed by atoms with van der Waals surface area (Å²) in [6.07, 6.45) is -0.124. The first-order chi connectivity index (χ1) is 18.4. The van der Waals surface area contributed by atoms with Crippen LogP contribution < -0.4 is 21.1 Å². The van der Waals surface area contributed by atoms with E-state index in [1.54, 1.807) is 60.7 Å². The molecule has 0 radical (unpaired) electrons. The second-order valence-electron chi connectivity index (χ2n) is 8.14. The minimum absolute atomic E-state index is 0.124. The summed E-state index contributed by atoms with van der Waals surface area (Å²) in [5.41, 5.74) is 9.04. The van der Waals surface area contributed by atoms with Gasteiger partial charge in [-0.1, -0.05) is 54.6 Å². The number of amides is 2. The number of aromatic nitrogens is 2. The van der Waals surface area contributed by atoms with Crippen molar-refractivity contribution >= 4 is 29.5 Å². The number of urea groups is 1. The molecule has 0 saturated heterocycles. The molecular weight excluding hydrogens is 486 g/mol. The maximum atomic E-state index is 12.6.